The van der Waals surface area contributed by atoms with Gasteiger partial charge in [0.05, 0.1) is 0 Å². The van der Waals surface area contributed by atoms with E-state index < -0.39 is 0 Å². The molecule has 88 valence electrons. The third-order valence-corrected chi connectivity index (χ3v) is 3.63. The fourth-order valence-electron chi connectivity index (χ4n) is 1.98. The van der Waals surface area contributed by atoms with Crippen LogP contribution in [0.4, 0.5) is 0 Å². The van der Waals surface area contributed by atoms with Crippen LogP contribution in [0.5, 0.6) is 0 Å². The van der Waals surface area contributed by atoms with Crippen molar-refractivity contribution in [2.45, 2.75) is 45.4 Å². The Morgan fingerprint density at radius 1 is 1.31 bits per heavy atom. The van der Waals surface area contributed by atoms with E-state index in [0.717, 1.165) is 25.5 Å². The van der Waals surface area contributed by atoms with Gasteiger partial charge in [-0.2, -0.15) is 0 Å². The summed E-state index contributed by atoms with van der Waals surface area (Å²) in [6.07, 6.45) is 4.22. The van der Waals surface area contributed by atoms with Crippen molar-refractivity contribution in [3.05, 3.63) is 35.9 Å². The molecule has 1 rings (SSSR count). The molecule has 0 aromatic heterocycles. The molecule has 0 aliphatic heterocycles. The summed E-state index contributed by atoms with van der Waals surface area (Å²) >= 11 is 0. The van der Waals surface area contributed by atoms with Gasteiger partial charge in [0, 0.05) is 5.92 Å². The van der Waals surface area contributed by atoms with Gasteiger partial charge < -0.3 is 4.79 Å². The molecule has 1 nitrogen and oxygen atoms in total. The second kappa shape index (κ2) is 5.83. The summed E-state index contributed by atoms with van der Waals surface area (Å²) in [4.78, 5) is 10.6. The largest absolute Gasteiger partial charge is 0.303 e. The summed E-state index contributed by atoms with van der Waals surface area (Å²) in [5, 5.41) is 0. The minimum Gasteiger partial charge on any atom is -0.303 e. The van der Waals surface area contributed by atoms with Gasteiger partial charge in [-0.05, 0) is 30.2 Å². The van der Waals surface area contributed by atoms with E-state index in [0.29, 0.717) is 0 Å². The molecule has 0 amide bonds. The minimum absolute atomic E-state index is 0.176. The van der Waals surface area contributed by atoms with Crippen LogP contribution in [0.2, 0.25) is 0 Å². The SMILES string of the molecule is CCC(C)(CCC(C)C=O)c1ccccc1. The van der Waals surface area contributed by atoms with Crippen LogP contribution in [-0.4, -0.2) is 6.29 Å². The normalized spacial score (nSPS) is 16.4. The van der Waals surface area contributed by atoms with Crippen molar-refractivity contribution in [2.24, 2.45) is 5.92 Å². The first kappa shape index (κ1) is 13.0. The topological polar surface area (TPSA) is 17.1 Å². The molecule has 0 spiro atoms. The van der Waals surface area contributed by atoms with Crippen LogP contribution in [-0.2, 0) is 10.2 Å². The number of benzene rings is 1. The molecule has 1 heteroatoms. The van der Waals surface area contributed by atoms with E-state index in [1.54, 1.807) is 0 Å². The lowest BCUT2D eigenvalue weighted by Crippen LogP contribution is -2.21. The number of hydrogen-bond acceptors (Lipinski definition) is 1. The number of carbonyl (C=O) groups excluding carboxylic acids is 1. The Labute approximate surface area is 98.9 Å². The Bertz CT molecular complexity index is 317. The fourth-order valence-corrected chi connectivity index (χ4v) is 1.98. The van der Waals surface area contributed by atoms with Crippen molar-refractivity contribution >= 4 is 6.29 Å². The van der Waals surface area contributed by atoms with E-state index in [1.807, 2.05) is 13.0 Å². The predicted octanol–water partition coefficient (Wildman–Crippen LogP) is 3.97. The zero-order valence-electron chi connectivity index (χ0n) is 10.6. The van der Waals surface area contributed by atoms with Crippen molar-refractivity contribution < 1.29 is 4.79 Å². The van der Waals surface area contributed by atoms with Gasteiger partial charge in [-0.25, -0.2) is 0 Å². The lowest BCUT2D eigenvalue weighted by molar-refractivity contribution is -0.110. The first-order chi connectivity index (χ1) is 7.62. The molecule has 0 bridgehead atoms. The Morgan fingerprint density at radius 2 is 1.94 bits per heavy atom. The van der Waals surface area contributed by atoms with Crippen LogP contribution in [0, 0.1) is 5.92 Å². The molecular weight excluding hydrogens is 196 g/mol. The maximum atomic E-state index is 10.6. The zero-order chi connectivity index (χ0) is 12.0. The summed E-state index contributed by atoms with van der Waals surface area (Å²) in [7, 11) is 0. The summed E-state index contributed by atoms with van der Waals surface area (Å²) < 4.78 is 0. The second-order valence-corrected chi connectivity index (χ2v) is 4.93. The third-order valence-electron chi connectivity index (χ3n) is 3.63. The molecule has 0 N–H and O–H groups in total. The summed E-state index contributed by atoms with van der Waals surface area (Å²) in [5.74, 6) is 0.176. The molecule has 2 unspecified atom stereocenters. The van der Waals surface area contributed by atoms with Crippen LogP contribution in [0.3, 0.4) is 0 Å². The minimum atomic E-state index is 0.176. The van der Waals surface area contributed by atoms with Gasteiger partial charge in [0.2, 0.25) is 0 Å². The van der Waals surface area contributed by atoms with Gasteiger partial charge in [-0.3, -0.25) is 0 Å². The van der Waals surface area contributed by atoms with Crippen LogP contribution < -0.4 is 0 Å². The maximum Gasteiger partial charge on any atom is 0.122 e. The van der Waals surface area contributed by atoms with Crippen LogP contribution >= 0.6 is 0 Å². The van der Waals surface area contributed by atoms with E-state index in [-0.39, 0.29) is 11.3 Å². The van der Waals surface area contributed by atoms with E-state index in [2.05, 4.69) is 38.1 Å². The predicted molar refractivity (Wildman–Crippen MR) is 68.5 cm³/mol. The average Bonchev–Trinajstić information content (AvgIpc) is 2.36. The first-order valence-corrected chi connectivity index (χ1v) is 6.13. The number of rotatable bonds is 6. The number of carbonyl (C=O) groups is 1. The Balaban J connectivity index is 2.74. The van der Waals surface area contributed by atoms with Crippen molar-refractivity contribution in [3.8, 4) is 0 Å². The molecule has 0 aliphatic carbocycles. The standard InChI is InChI=1S/C15H22O/c1-4-15(3,11-10-13(2)12-16)14-8-6-5-7-9-14/h5-9,12-13H,4,10-11H2,1-3H3. The van der Waals surface area contributed by atoms with E-state index in [4.69, 9.17) is 0 Å². The smallest absolute Gasteiger partial charge is 0.122 e. The lowest BCUT2D eigenvalue weighted by atomic mass is 9.75. The zero-order valence-corrected chi connectivity index (χ0v) is 10.6. The number of aldehydes is 1. The molecule has 0 radical (unpaired) electrons. The summed E-state index contributed by atoms with van der Waals surface area (Å²) in [6.45, 7) is 6.51. The monoisotopic (exact) mass is 218 g/mol. The molecule has 0 saturated heterocycles. The Morgan fingerprint density at radius 3 is 2.44 bits per heavy atom. The molecule has 2 atom stereocenters. The third kappa shape index (κ3) is 3.19. The van der Waals surface area contributed by atoms with Gasteiger partial charge in [0.1, 0.15) is 6.29 Å². The van der Waals surface area contributed by atoms with E-state index in [9.17, 15) is 4.79 Å². The van der Waals surface area contributed by atoms with Gasteiger partial charge in [-0.15, -0.1) is 0 Å². The Hall–Kier alpha value is -1.11. The highest BCUT2D eigenvalue weighted by molar-refractivity contribution is 5.52. The van der Waals surface area contributed by atoms with Gasteiger partial charge in [0.15, 0.2) is 0 Å². The van der Waals surface area contributed by atoms with E-state index in [1.165, 1.54) is 5.56 Å². The number of hydrogen-bond donors (Lipinski definition) is 0. The molecule has 1 aromatic rings. The van der Waals surface area contributed by atoms with E-state index >= 15 is 0 Å². The van der Waals surface area contributed by atoms with Crippen molar-refractivity contribution in [1.29, 1.82) is 0 Å². The molecule has 0 heterocycles. The first-order valence-electron chi connectivity index (χ1n) is 6.13. The van der Waals surface area contributed by atoms with Crippen LogP contribution in [0.15, 0.2) is 30.3 Å². The van der Waals surface area contributed by atoms with Crippen LogP contribution in [0.1, 0.15) is 45.6 Å². The molecule has 0 aliphatic rings. The highest BCUT2D eigenvalue weighted by atomic mass is 16.1. The van der Waals surface area contributed by atoms with Gasteiger partial charge in [0.25, 0.3) is 0 Å². The molecule has 0 fully saturated rings. The van der Waals surface area contributed by atoms with Gasteiger partial charge >= 0.3 is 0 Å². The summed E-state index contributed by atoms with van der Waals surface area (Å²) in [6, 6.07) is 10.6. The molecule has 16 heavy (non-hydrogen) atoms. The molecular formula is C15H22O. The molecule has 0 saturated carbocycles. The highest BCUT2D eigenvalue weighted by Crippen LogP contribution is 2.33. The average molecular weight is 218 g/mol. The van der Waals surface area contributed by atoms with Crippen molar-refractivity contribution in [1.82, 2.24) is 0 Å². The van der Waals surface area contributed by atoms with Crippen molar-refractivity contribution in [3.63, 3.8) is 0 Å². The second-order valence-electron chi connectivity index (χ2n) is 4.93. The summed E-state index contributed by atoms with van der Waals surface area (Å²) in [5.41, 5.74) is 1.59. The maximum absolute atomic E-state index is 10.6. The Kier molecular flexibility index (Phi) is 4.72. The van der Waals surface area contributed by atoms with Gasteiger partial charge in [-0.1, -0.05) is 51.1 Å². The molecule has 1 aromatic carbocycles. The van der Waals surface area contributed by atoms with Crippen LogP contribution in [0.25, 0.3) is 0 Å². The van der Waals surface area contributed by atoms with Crippen molar-refractivity contribution in [2.75, 3.05) is 0 Å². The lowest BCUT2D eigenvalue weighted by Gasteiger charge is -2.29. The highest BCUT2D eigenvalue weighted by Gasteiger charge is 2.24. The quantitative estimate of drug-likeness (QED) is 0.660. The fraction of sp³-hybridized carbons (Fsp3) is 0.533.